The van der Waals surface area contributed by atoms with Crippen molar-refractivity contribution in [3.8, 4) is 5.88 Å². The van der Waals surface area contributed by atoms with Crippen LogP contribution in [0.2, 0.25) is 0 Å². The van der Waals surface area contributed by atoms with E-state index in [1.165, 1.54) is 6.92 Å². The van der Waals surface area contributed by atoms with E-state index in [1.54, 1.807) is 18.6 Å². The van der Waals surface area contributed by atoms with Crippen LogP contribution in [0.3, 0.4) is 0 Å². The highest BCUT2D eigenvalue weighted by atomic mass is 32.1. The molecule has 4 heterocycles. The molecule has 3 aromatic heterocycles. The zero-order valence-corrected chi connectivity index (χ0v) is 15.7. The van der Waals surface area contributed by atoms with Crippen LogP contribution in [-0.2, 0) is 11.3 Å². The highest BCUT2D eigenvalue weighted by Gasteiger charge is 2.32. The number of nitrogens with one attached hydrogen (secondary N) is 1. The number of aromatic nitrogens is 4. The van der Waals surface area contributed by atoms with Gasteiger partial charge in [0.15, 0.2) is 10.8 Å². The van der Waals surface area contributed by atoms with Crippen molar-refractivity contribution in [1.82, 2.24) is 24.3 Å². The fraction of sp³-hybridized carbons (Fsp3) is 0.412. The lowest BCUT2D eigenvalue weighted by molar-refractivity contribution is -0.114. The summed E-state index contributed by atoms with van der Waals surface area (Å²) in [4.78, 5) is 25.9. The molecule has 142 valence electrons. The average molecular weight is 390 g/mol. The molecule has 0 spiro atoms. The lowest BCUT2D eigenvalue weighted by Gasteiger charge is -2.19. The second-order valence-electron chi connectivity index (χ2n) is 6.57. The van der Waals surface area contributed by atoms with Crippen molar-refractivity contribution in [2.75, 3.05) is 11.9 Å². The lowest BCUT2D eigenvalue weighted by atomic mass is 10.2. The van der Waals surface area contributed by atoms with E-state index in [9.17, 15) is 9.18 Å². The first-order chi connectivity index (χ1) is 13.0. The number of fused-ring (bicyclic) bond motifs is 1. The van der Waals surface area contributed by atoms with Gasteiger partial charge in [-0.15, -0.1) is 0 Å². The zero-order valence-electron chi connectivity index (χ0n) is 14.9. The van der Waals surface area contributed by atoms with Crippen LogP contribution in [0.25, 0.3) is 5.65 Å². The number of hydrogen-bond donors (Lipinski definition) is 1. The van der Waals surface area contributed by atoms with Gasteiger partial charge in [-0.05, 0) is 6.92 Å². The van der Waals surface area contributed by atoms with E-state index < -0.39 is 5.95 Å². The molecule has 2 atom stereocenters. The van der Waals surface area contributed by atoms with Crippen LogP contribution in [-0.4, -0.2) is 48.9 Å². The maximum absolute atomic E-state index is 14.1. The van der Waals surface area contributed by atoms with Gasteiger partial charge in [-0.2, -0.15) is 9.37 Å². The van der Waals surface area contributed by atoms with E-state index in [2.05, 4.69) is 32.1 Å². The minimum absolute atomic E-state index is 0.0272. The molecule has 0 radical (unpaired) electrons. The maximum Gasteiger partial charge on any atom is 0.230 e. The molecule has 1 N–H and O–H groups in total. The summed E-state index contributed by atoms with van der Waals surface area (Å²) in [5, 5.41) is 2.81. The number of imidazole rings is 1. The number of likely N-dealkylation sites (tertiary alicyclic amines) is 1. The molecule has 4 rings (SSSR count). The quantitative estimate of drug-likeness (QED) is 0.720. The number of amides is 1. The second-order valence-corrected chi connectivity index (χ2v) is 7.65. The fourth-order valence-corrected chi connectivity index (χ4v) is 4.17. The van der Waals surface area contributed by atoms with Crippen molar-refractivity contribution >= 4 is 28.0 Å². The van der Waals surface area contributed by atoms with Crippen LogP contribution in [0.5, 0.6) is 5.88 Å². The van der Waals surface area contributed by atoms with Crippen molar-refractivity contribution in [2.24, 2.45) is 0 Å². The molecule has 1 amide bonds. The summed E-state index contributed by atoms with van der Waals surface area (Å²) in [6.07, 6.45) is 7.68. The Morgan fingerprint density at radius 2 is 2.33 bits per heavy atom. The summed E-state index contributed by atoms with van der Waals surface area (Å²) in [5.74, 6) is -0.158. The standard InChI is InChI=1S/C17H19FN6O2S/c1-10-5-12(26-15-7-19-6-14-20-3-4-24(14)15)8-23(10)9-13-16(18)22-17(27-13)21-11(2)25/h3-4,6-7,10,12H,5,8-9H2,1-2H3,(H,21,22,25)/t10-,12+/m0/s1. The molecule has 1 aliphatic heterocycles. The van der Waals surface area contributed by atoms with Crippen molar-refractivity contribution in [3.05, 3.63) is 35.6 Å². The molecular weight excluding hydrogens is 371 g/mol. The monoisotopic (exact) mass is 390 g/mol. The predicted molar refractivity (Wildman–Crippen MR) is 98.3 cm³/mol. The number of carbonyl (C=O) groups excluding carboxylic acids is 1. The van der Waals surface area contributed by atoms with Gasteiger partial charge in [-0.25, -0.2) is 4.98 Å². The summed E-state index contributed by atoms with van der Waals surface area (Å²) in [5.41, 5.74) is 0.729. The third-order valence-electron chi connectivity index (χ3n) is 4.51. The molecular formula is C17H19FN6O2S. The highest BCUT2D eigenvalue weighted by molar-refractivity contribution is 7.15. The zero-order chi connectivity index (χ0) is 19.0. The molecule has 0 bridgehead atoms. The number of carbonyl (C=O) groups is 1. The summed E-state index contributed by atoms with van der Waals surface area (Å²) >= 11 is 1.16. The molecule has 27 heavy (non-hydrogen) atoms. The van der Waals surface area contributed by atoms with Crippen LogP contribution in [0.15, 0.2) is 24.8 Å². The number of halogens is 1. The Labute approximate surface area is 159 Å². The lowest BCUT2D eigenvalue weighted by Crippen LogP contribution is -2.28. The Balaban J connectivity index is 1.43. The predicted octanol–water partition coefficient (Wildman–Crippen LogP) is 2.33. The average Bonchev–Trinajstić information content (AvgIpc) is 3.29. The van der Waals surface area contributed by atoms with Crippen molar-refractivity contribution in [3.63, 3.8) is 0 Å². The molecule has 0 saturated carbocycles. The minimum atomic E-state index is -0.535. The molecule has 3 aromatic rings. The Morgan fingerprint density at radius 1 is 1.48 bits per heavy atom. The fourth-order valence-electron chi connectivity index (χ4n) is 3.26. The first-order valence-corrected chi connectivity index (χ1v) is 9.42. The van der Waals surface area contributed by atoms with Crippen LogP contribution < -0.4 is 10.1 Å². The molecule has 10 heteroatoms. The van der Waals surface area contributed by atoms with Crippen molar-refractivity contribution < 1.29 is 13.9 Å². The van der Waals surface area contributed by atoms with Gasteiger partial charge in [-0.3, -0.25) is 19.1 Å². The largest absolute Gasteiger partial charge is 0.473 e. The molecule has 1 saturated heterocycles. The molecule has 1 aliphatic rings. The van der Waals surface area contributed by atoms with Crippen LogP contribution >= 0.6 is 11.3 Å². The minimum Gasteiger partial charge on any atom is -0.473 e. The maximum atomic E-state index is 14.1. The third-order valence-corrected chi connectivity index (χ3v) is 5.44. The van der Waals surface area contributed by atoms with Crippen LogP contribution in [0.4, 0.5) is 9.52 Å². The number of anilines is 1. The van der Waals surface area contributed by atoms with Gasteiger partial charge in [-0.1, -0.05) is 11.3 Å². The first-order valence-electron chi connectivity index (χ1n) is 8.60. The van der Waals surface area contributed by atoms with Gasteiger partial charge in [0.2, 0.25) is 17.7 Å². The third kappa shape index (κ3) is 3.76. The van der Waals surface area contributed by atoms with Gasteiger partial charge in [0, 0.05) is 44.9 Å². The SMILES string of the molecule is CC(=O)Nc1nc(F)c(CN2C[C@H](Oc3cncc4nccn34)C[C@@H]2C)s1. The van der Waals surface area contributed by atoms with E-state index in [4.69, 9.17) is 4.74 Å². The summed E-state index contributed by atoms with van der Waals surface area (Å²) < 4.78 is 22.1. The Morgan fingerprint density at radius 3 is 3.15 bits per heavy atom. The summed E-state index contributed by atoms with van der Waals surface area (Å²) in [6, 6.07) is 0.232. The molecule has 1 fully saturated rings. The number of thiazole rings is 1. The van der Waals surface area contributed by atoms with Gasteiger partial charge >= 0.3 is 0 Å². The van der Waals surface area contributed by atoms with E-state index in [0.29, 0.717) is 23.8 Å². The van der Waals surface area contributed by atoms with Gasteiger partial charge in [0.05, 0.1) is 17.3 Å². The Bertz CT molecular complexity index is 973. The molecule has 0 aromatic carbocycles. The van der Waals surface area contributed by atoms with E-state index in [0.717, 1.165) is 23.4 Å². The second kappa shape index (κ2) is 7.20. The normalized spacial score (nSPS) is 20.3. The Hall–Kier alpha value is -2.59. The number of hydrogen-bond acceptors (Lipinski definition) is 7. The Kier molecular flexibility index (Phi) is 4.75. The van der Waals surface area contributed by atoms with Crippen molar-refractivity contribution in [1.29, 1.82) is 0 Å². The van der Waals surface area contributed by atoms with Crippen LogP contribution in [0, 0.1) is 5.95 Å². The van der Waals surface area contributed by atoms with Gasteiger partial charge < -0.3 is 10.1 Å². The topological polar surface area (TPSA) is 84.7 Å². The molecule has 8 nitrogen and oxygen atoms in total. The highest BCUT2D eigenvalue weighted by Crippen LogP contribution is 2.28. The first kappa shape index (κ1) is 17.8. The number of nitrogens with zero attached hydrogens (tertiary/aromatic N) is 5. The molecule has 0 aliphatic carbocycles. The van der Waals surface area contributed by atoms with Gasteiger partial charge in [0.25, 0.3) is 0 Å². The van der Waals surface area contributed by atoms with E-state index in [-0.39, 0.29) is 23.2 Å². The van der Waals surface area contributed by atoms with Crippen LogP contribution in [0.1, 0.15) is 25.1 Å². The summed E-state index contributed by atoms with van der Waals surface area (Å²) in [6.45, 7) is 4.56. The van der Waals surface area contributed by atoms with Crippen molar-refractivity contribution in [2.45, 2.75) is 39.0 Å². The molecule has 0 unspecified atom stereocenters. The summed E-state index contributed by atoms with van der Waals surface area (Å²) in [7, 11) is 0. The van der Waals surface area contributed by atoms with E-state index in [1.807, 2.05) is 10.6 Å². The number of ether oxygens (including phenoxy) is 1. The van der Waals surface area contributed by atoms with E-state index >= 15 is 0 Å². The number of rotatable bonds is 5. The van der Waals surface area contributed by atoms with Gasteiger partial charge in [0.1, 0.15) is 6.10 Å². The smallest absolute Gasteiger partial charge is 0.230 e.